The average Bonchev–Trinajstić information content (AvgIpc) is 3.05. The van der Waals surface area contributed by atoms with Crippen LogP contribution in [0.2, 0.25) is 10.0 Å². The lowest BCUT2D eigenvalue weighted by molar-refractivity contribution is -0.113. The molecule has 0 aliphatic heterocycles. The monoisotopic (exact) mass is 410 g/mol. The Morgan fingerprint density at radius 3 is 2.60 bits per heavy atom. The molecule has 0 spiro atoms. The van der Waals surface area contributed by atoms with Gasteiger partial charge in [-0.1, -0.05) is 64.5 Å². The third kappa shape index (κ3) is 5.34. The van der Waals surface area contributed by atoms with Gasteiger partial charge < -0.3 is 10.6 Å². The summed E-state index contributed by atoms with van der Waals surface area (Å²) in [6.45, 7) is 0. The number of para-hydroxylation sites is 1. The molecule has 0 fully saturated rings. The summed E-state index contributed by atoms with van der Waals surface area (Å²) < 4.78 is 0.711. The summed E-state index contributed by atoms with van der Waals surface area (Å²) in [7, 11) is 0. The summed E-state index contributed by atoms with van der Waals surface area (Å²) >= 11 is 14.5. The zero-order chi connectivity index (χ0) is 17.6. The van der Waals surface area contributed by atoms with Gasteiger partial charge in [-0.3, -0.25) is 4.79 Å². The van der Waals surface area contributed by atoms with E-state index < -0.39 is 0 Å². The number of carbonyl (C=O) groups excluding carboxylic acids is 1. The van der Waals surface area contributed by atoms with Gasteiger partial charge in [-0.15, -0.1) is 10.2 Å². The molecule has 2 aromatic carbocycles. The van der Waals surface area contributed by atoms with Crippen LogP contribution < -0.4 is 10.6 Å². The topological polar surface area (TPSA) is 66.9 Å². The van der Waals surface area contributed by atoms with E-state index in [1.165, 1.54) is 23.1 Å². The smallest absolute Gasteiger partial charge is 0.234 e. The highest BCUT2D eigenvalue weighted by Gasteiger charge is 2.09. The molecular formula is C16H12Cl2N4OS2. The number of hydrogen-bond acceptors (Lipinski definition) is 6. The van der Waals surface area contributed by atoms with Crippen LogP contribution in [0.15, 0.2) is 52.9 Å². The van der Waals surface area contributed by atoms with E-state index in [1.54, 1.807) is 18.2 Å². The Bertz CT molecular complexity index is 874. The standard InChI is InChI=1S/C16H12Cl2N4OS2/c17-12-7-6-11(8-13(12)18)19-14(23)9-24-16-22-21-15(25-16)20-10-4-2-1-3-5-10/h1-8H,9H2,(H,19,23)(H,20,21). The molecule has 3 aromatic rings. The first-order valence-electron chi connectivity index (χ1n) is 7.13. The first-order valence-corrected chi connectivity index (χ1v) is 9.69. The zero-order valence-corrected chi connectivity index (χ0v) is 15.8. The molecule has 1 aromatic heterocycles. The average molecular weight is 411 g/mol. The fourth-order valence-electron chi connectivity index (χ4n) is 1.86. The number of aromatic nitrogens is 2. The summed E-state index contributed by atoms with van der Waals surface area (Å²) in [5.41, 5.74) is 1.54. The van der Waals surface area contributed by atoms with Crippen molar-refractivity contribution in [2.45, 2.75) is 4.34 Å². The fourth-order valence-corrected chi connectivity index (χ4v) is 3.73. The molecule has 9 heteroatoms. The van der Waals surface area contributed by atoms with Crippen molar-refractivity contribution in [3.8, 4) is 0 Å². The Labute approximate surface area is 162 Å². The van der Waals surface area contributed by atoms with E-state index in [0.717, 1.165) is 5.69 Å². The third-order valence-corrected chi connectivity index (χ3v) is 5.67. The molecule has 2 N–H and O–H groups in total. The summed E-state index contributed by atoms with van der Waals surface area (Å²) in [4.78, 5) is 12.0. The summed E-state index contributed by atoms with van der Waals surface area (Å²) in [5, 5.41) is 15.6. The molecule has 0 saturated heterocycles. The Morgan fingerprint density at radius 1 is 1.04 bits per heavy atom. The van der Waals surface area contributed by atoms with E-state index in [-0.39, 0.29) is 11.7 Å². The van der Waals surface area contributed by atoms with Crippen molar-refractivity contribution in [1.29, 1.82) is 0 Å². The van der Waals surface area contributed by atoms with Gasteiger partial charge in [0.15, 0.2) is 4.34 Å². The minimum Gasteiger partial charge on any atom is -0.330 e. The lowest BCUT2D eigenvalue weighted by Gasteiger charge is -2.05. The van der Waals surface area contributed by atoms with Crippen molar-refractivity contribution in [1.82, 2.24) is 10.2 Å². The van der Waals surface area contributed by atoms with E-state index in [0.29, 0.717) is 25.2 Å². The lowest BCUT2D eigenvalue weighted by Crippen LogP contribution is -2.13. The quantitative estimate of drug-likeness (QED) is 0.538. The van der Waals surface area contributed by atoms with Crippen LogP contribution >= 0.6 is 46.3 Å². The highest BCUT2D eigenvalue weighted by Crippen LogP contribution is 2.28. The predicted octanol–water partition coefficient (Wildman–Crippen LogP) is 5.32. The number of amides is 1. The van der Waals surface area contributed by atoms with Crippen molar-refractivity contribution in [2.75, 3.05) is 16.4 Å². The molecule has 0 unspecified atom stereocenters. The van der Waals surface area contributed by atoms with Gasteiger partial charge in [0, 0.05) is 11.4 Å². The molecule has 3 rings (SSSR count). The second-order valence-corrected chi connectivity index (χ2v) is 7.84. The van der Waals surface area contributed by atoms with Crippen LogP contribution in [0.3, 0.4) is 0 Å². The predicted molar refractivity (Wildman–Crippen MR) is 105 cm³/mol. The molecule has 0 atom stereocenters. The number of nitrogens with zero attached hydrogens (tertiary/aromatic N) is 2. The zero-order valence-electron chi connectivity index (χ0n) is 12.7. The Kier molecular flexibility index (Phi) is 6.14. The van der Waals surface area contributed by atoms with Gasteiger partial charge in [-0.2, -0.15) is 0 Å². The molecule has 25 heavy (non-hydrogen) atoms. The number of benzene rings is 2. The number of thioether (sulfide) groups is 1. The van der Waals surface area contributed by atoms with Gasteiger partial charge in [0.25, 0.3) is 0 Å². The molecule has 0 aliphatic carbocycles. The van der Waals surface area contributed by atoms with Crippen molar-refractivity contribution in [3.05, 3.63) is 58.6 Å². The van der Waals surface area contributed by atoms with E-state index >= 15 is 0 Å². The maximum Gasteiger partial charge on any atom is 0.234 e. The Hall–Kier alpha value is -1.80. The number of halogens is 2. The Balaban J connectivity index is 1.51. The maximum atomic E-state index is 12.0. The van der Waals surface area contributed by atoms with Crippen LogP contribution in [0.5, 0.6) is 0 Å². The van der Waals surface area contributed by atoms with E-state index in [1.807, 2.05) is 30.3 Å². The second-order valence-electron chi connectivity index (χ2n) is 4.83. The van der Waals surface area contributed by atoms with Crippen LogP contribution in [-0.2, 0) is 4.79 Å². The normalized spacial score (nSPS) is 10.5. The highest BCUT2D eigenvalue weighted by atomic mass is 35.5. The summed E-state index contributed by atoms with van der Waals surface area (Å²) in [6, 6.07) is 14.7. The molecule has 5 nitrogen and oxygen atoms in total. The molecule has 0 bridgehead atoms. The molecule has 0 radical (unpaired) electrons. The van der Waals surface area contributed by atoms with E-state index in [4.69, 9.17) is 23.2 Å². The molecule has 1 amide bonds. The lowest BCUT2D eigenvalue weighted by atomic mass is 10.3. The van der Waals surface area contributed by atoms with Gasteiger partial charge in [0.05, 0.1) is 15.8 Å². The second kappa shape index (κ2) is 8.53. The third-order valence-electron chi connectivity index (χ3n) is 2.96. The highest BCUT2D eigenvalue weighted by molar-refractivity contribution is 8.01. The van der Waals surface area contributed by atoms with Crippen LogP contribution in [0.25, 0.3) is 0 Å². The fraction of sp³-hybridized carbons (Fsp3) is 0.0625. The minimum absolute atomic E-state index is 0.156. The first kappa shape index (κ1) is 18.0. The minimum atomic E-state index is -0.156. The van der Waals surface area contributed by atoms with Gasteiger partial charge in [-0.25, -0.2) is 0 Å². The van der Waals surface area contributed by atoms with Crippen LogP contribution in [0.1, 0.15) is 0 Å². The molecule has 1 heterocycles. The molecule has 0 saturated carbocycles. The van der Waals surface area contributed by atoms with Gasteiger partial charge in [0.1, 0.15) is 0 Å². The SMILES string of the molecule is O=C(CSc1nnc(Nc2ccccc2)s1)Nc1ccc(Cl)c(Cl)c1. The molecule has 128 valence electrons. The number of nitrogens with one attached hydrogen (secondary N) is 2. The molecular weight excluding hydrogens is 399 g/mol. The van der Waals surface area contributed by atoms with Crippen molar-refractivity contribution >= 4 is 68.7 Å². The van der Waals surface area contributed by atoms with E-state index in [2.05, 4.69) is 20.8 Å². The van der Waals surface area contributed by atoms with Gasteiger partial charge in [-0.05, 0) is 30.3 Å². The van der Waals surface area contributed by atoms with E-state index in [9.17, 15) is 4.79 Å². The first-order chi connectivity index (χ1) is 12.1. The van der Waals surface area contributed by atoms with Crippen LogP contribution in [0, 0.1) is 0 Å². The largest absolute Gasteiger partial charge is 0.330 e. The molecule has 0 aliphatic rings. The summed E-state index contributed by atoms with van der Waals surface area (Å²) in [6.07, 6.45) is 0. The van der Waals surface area contributed by atoms with Crippen molar-refractivity contribution in [3.63, 3.8) is 0 Å². The van der Waals surface area contributed by atoms with Crippen molar-refractivity contribution < 1.29 is 4.79 Å². The number of rotatable bonds is 6. The number of hydrogen-bond donors (Lipinski definition) is 2. The van der Waals surface area contributed by atoms with Gasteiger partial charge >= 0.3 is 0 Å². The number of carbonyl (C=O) groups is 1. The van der Waals surface area contributed by atoms with Crippen LogP contribution in [-0.4, -0.2) is 21.9 Å². The summed E-state index contributed by atoms with van der Waals surface area (Å²) in [5.74, 6) is 0.0661. The van der Waals surface area contributed by atoms with Gasteiger partial charge in [0.2, 0.25) is 11.0 Å². The Morgan fingerprint density at radius 2 is 1.84 bits per heavy atom. The maximum absolute atomic E-state index is 12.0. The van der Waals surface area contributed by atoms with Crippen molar-refractivity contribution in [2.24, 2.45) is 0 Å². The van der Waals surface area contributed by atoms with Crippen LogP contribution in [0.4, 0.5) is 16.5 Å². The number of anilines is 3.